The van der Waals surface area contributed by atoms with Gasteiger partial charge in [-0.25, -0.2) is 0 Å². The quantitative estimate of drug-likeness (QED) is 0.688. The van der Waals surface area contributed by atoms with Crippen LogP contribution in [-0.4, -0.2) is 36.6 Å². The van der Waals surface area contributed by atoms with Gasteiger partial charge >= 0.3 is 0 Å². The van der Waals surface area contributed by atoms with Crippen LogP contribution in [0.4, 0.5) is 0 Å². The van der Waals surface area contributed by atoms with E-state index in [-0.39, 0.29) is 0 Å². The van der Waals surface area contributed by atoms with Gasteiger partial charge in [0.25, 0.3) is 0 Å². The Morgan fingerprint density at radius 1 is 1.21 bits per heavy atom. The molecule has 1 N–H and O–H groups in total. The van der Waals surface area contributed by atoms with E-state index >= 15 is 0 Å². The Morgan fingerprint density at radius 3 is 2.86 bits per heavy atom. The van der Waals surface area contributed by atoms with E-state index in [1.54, 1.807) is 0 Å². The molecule has 0 aromatic rings. The van der Waals surface area contributed by atoms with Gasteiger partial charge in [0.05, 0.1) is 0 Å². The smallest absolute Gasteiger partial charge is 0.0221 e. The predicted molar refractivity (Wildman–Crippen MR) is 60.5 cm³/mol. The van der Waals surface area contributed by atoms with Crippen molar-refractivity contribution in [2.75, 3.05) is 19.6 Å². The molecule has 0 aliphatic carbocycles. The van der Waals surface area contributed by atoms with E-state index in [0.717, 1.165) is 18.0 Å². The molecule has 2 aliphatic heterocycles. The van der Waals surface area contributed by atoms with Gasteiger partial charge in [-0.15, -0.1) is 0 Å². The van der Waals surface area contributed by atoms with Gasteiger partial charge in [0.1, 0.15) is 0 Å². The fourth-order valence-electron chi connectivity index (χ4n) is 2.76. The van der Waals surface area contributed by atoms with Gasteiger partial charge in [-0.3, -0.25) is 4.90 Å². The second-order valence-corrected chi connectivity index (χ2v) is 5.26. The molecule has 2 rings (SSSR count). The Balaban J connectivity index is 1.93. The van der Waals surface area contributed by atoms with Gasteiger partial charge < -0.3 is 5.32 Å². The van der Waals surface area contributed by atoms with Crippen LogP contribution in [0.3, 0.4) is 0 Å². The number of piperazine rings is 1. The molecule has 0 bridgehead atoms. The van der Waals surface area contributed by atoms with Crippen molar-refractivity contribution in [2.24, 2.45) is 5.92 Å². The van der Waals surface area contributed by atoms with Crippen molar-refractivity contribution in [1.29, 1.82) is 0 Å². The monoisotopic (exact) mass is 196 g/mol. The average molecular weight is 196 g/mol. The van der Waals surface area contributed by atoms with Gasteiger partial charge in [0.2, 0.25) is 0 Å². The normalized spacial score (nSPS) is 35.4. The summed E-state index contributed by atoms with van der Waals surface area (Å²) in [6.45, 7) is 8.51. The van der Waals surface area contributed by atoms with E-state index in [4.69, 9.17) is 0 Å². The first kappa shape index (κ1) is 10.4. The predicted octanol–water partition coefficient (Wildman–Crippen LogP) is 1.86. The van der Waals surface area contributed by atoms with Crippen LogP contribution < -0.4 is 5.32 Å². The fraction of sp³-hybridized carbons (Fsp3) is 1.00. The van der Waals surface area contributed by atoms with Crippen LogP contribution in [0.1, 0.15) is 39.5 Å². The SMILES string of the molecule is CC(C)[C@@H]1CN2CCCCCC2CN1. The Hall–Kier alpha value is -0.0800. The average Bonchev–Trinajstić information content (AvgIpc) is 2.41. The molecule has 2 atom stereocenters. The topological polar surface area (TPSA) is 15.3 Å². The van der Waals surface area contributed by atoms with E-state index in [2.05, 4.69) is 24.1 Å². The van der Waals surface area contributed by atoms with Gasteiger partial charge in [-0.1, -0.05) is 26.7 Å². The van der Waals surface area contributed by atoms with Gasteiger partial charge in [-0.2, -0.15) is 0 Å². The molecule has 1 unspecified atom stereocenters. The minimum atomic E-state index is 0.726. The molecule has 0 amide bonds. The zero-order valence-electron chi connectivity index (χ0n) is 9.63. The molecular weight excluding hydrogens is 172 g/mol. The molecular formula is C12H24N2. The second-order valence-electron chi connectivity index (χ2n) is 5.26. The maximum absolute atomic E-state index is 3.70. The van der Waals surface area contributed by atoms with Crippen LogP contribution >= 0.6 is 0 Å². The van der Waals surface area contributed by atoms with E-state index < -0.39 is 0 Å². The summed E-state index contributed by atoms with van der Waals surface area (Å²) in [5.41, 5.74) is 0. The van der Waals surface area contributed by atoms with Crippen molar-refractivity contribution in [3.8, 4) is 0 Å². The van der Waals surface area contributed by atoms with E-state index in [9.17, 15) is 0 Å². The standard InChI is InChI=1S/C12H24N2/c1-10(2)12-9-14-7-5-3-4-6-11(14)8-13-12/h10-13H,3-9H2,1-2H3/t11?,12-/m0/s1. The largest absolute Gasteiger partial charge is 0.311 e. The fourth-order valence-corrected chi connectivity index (χ4v) is 2.76. The van der Waals surface area contributed by atoms with Crippen molar-refractivity contribution in [3.63, 3.8) is 0 Å². The molecule has 2 aliphatic rings. The van der Waals surface area contributed by atoms with E-state index in [0.29, 0.717) is 0 Å². The van der Waals surface area contributed by atoms with Crippen LogP contribution in [-0.2, 0) is 0 Å². The van der Waals surface area contributed by atoms with Crippen LogP contribution in [0.15, 0.2) is 0 Å². The lowest BCUT2D eigenvalue weighted by Crippen LogP contribution is -2.57. The maximum Gasteiger partial charge on any atom is 0.0221 e. The van der Waals surface area contributed by atoms with Crippen molar-refractivity contribution < 1.29 is 0 Å². The highest BCUT2D eigenvalue weighted by atomic mass is 15.2. The summed E-state index contributed by atoms with van der Waals surface area (Å²) in [4.78, 5) is 2.73. The molecule has 0 saturated carbocycles. The summed E-state index contributed by atoms with van der Waals surface area (Å²) in [5.74, 6) is 0.777. The highest BCUT2D eigenvalue weighted by Crippen LogP contribution is 2.21. The first-order valence-corrected chi connectivity index (χ1v) is 6.25. The van der Waals surface area contributed by atoms with Crippen molar-refractivity contribution in [1.82, 2.24) is 10.2 Å². The summed E-state index contributed by atoms with van der Waals surface area (Å²) in [5, 5.41) is 3.70. The molecule has 0 spiro atoms. The summed E-state index contributed by atoms with van der Waals surface area (Å²) in [7, 11) is 0. The molecule has 2 heteroatoms. The Bertz CT molecular complexity index is 179. The van der Waals surface area contributed by atoms with Crippen molar-refractivity contribution in [2.45, 2.75) is 51.6 Å². The summed E-state index contributed by atoms with van der Waals surface area (Å²) in [6.07, 6.45) is 5.72. The van der Waals surface area contributed by atoms with Crippen molar-refractivity contribution in [3.05, 3.63) is 0 Å². The number of hydrogen-bond donors (Lipinski definition) is 1. The second kappa shape index (κ2) is 4.63. The summed E-state index contributed by atoms with van der Waals surface area (Å²) >= 11 is 0. The molecule has 82 valence electrons. The van der Waals surface area contributed by atoms with Crippen LogP contribution in [0.2, 0.25) is 0 Å². The van der Waals surface area contributed by atoms with Crippen LogP contribution in [0, 0.1) is 5.92 Å². The Kier molecular flexibility index (Phi) is 3.45. The van der Waals surface area contributed by atoms with Crippen LogP contribution in [0.5, 0.6) is 0 Å². The minimum absolute atomic E-state index is 0.726. The van der Waals surface area contributed by atoms with Gasteiger partial charge in [0, 0.05) is 25.2 Å². The Labute approximate surface area is 88.1 Å². The van der Waals surface area contributed by atoms with Gasteiger partial charge in [-0.05, 0) is 25.3 Å². The van der Waals surface area contributed by atoms with Gasteiger partial charge in [0.15, 0.2) is 0 Å². The lowest BCUT2D eigenvalue weighted by molar-refractivity contribution is 0.116. The number of nitrogens with one attached hydrogen (secondary N) is 1. The zero-order valence-corrected chi connectivity index (χ0v) is 9.63. The Morgan fingerprint density at radius 2 is 2.07 bits per heavy atom. The van der Waals surface area contributed by atoms with E-state index in [1.807, 2.05) is 0 Å². The lowest BCUT2D eigenvalue weighted by Gasteiger charge is -2.41. The number of rotatable bonds is 1. The molecule has 2 saturated heterocycles. The molecule has 2 fully saturated rings. The first-order valence-electron chi connectivity index (χ1n) is 6.25. The third kappa shape index (κ3) is 2.29. The highest BCUT2D eigenvalue weighted by molar-refractivity contribution is 4.88. The van der Waals surface area contributed by atoms with Crippen LogP contribution in [0.25, 0.3) is 0 Å². The molecule has 14 heavy (non-hydrogen) atoms. The number of nitrogens with zero attached hydrogens (tertiary/aromatic N) is 1. The molecule has 0 aromatic carbocycles. The highest BCUT2D eigenvalue weighted by Gasteiger charge is 2.29. The molecule has 0 radical (unpaired) electrons. The van der Waals surface area contributed by atoms with E-state index in [1.165, 1.54) is 45.3 Å². The first-order chi connectivity index (χ1) is 6.77. The minimum Gasteiger partial charge on any atom is -0.311 e. The lowest BCUT2D eigenvalue weighted by atomic mass is 9.98. The summed E-state index contributed by atoms with van der Waals surface area (Å²) < 4.78 is 0. The third-order valence-electron chi connectivity index (χ3n) is 3.85. The number of fused-ring (bicyclic) bond motifs is 1. The molecule has 0 aromatic heterocycles. The number of hydrogen-bond acceptors (Lipinski definition) is 2. The molecule has 2 nitrogen and oxygen atoms in total. The maximum atomic E-state index is 3.70. The third-order valence-corrected chi connectivity index (χ3v) is 3.85. The molecule has 2 heterocycles. The summed E-state index contributed by atoms with van der Waals surface area (Å²) in [6, 6.07) is 1.57. The van der Waals surface area contributed by atoms with Crippen molar-refractivity contribution >= 4 is 0 Å². The zero-order chi connectivity index (χ0) is 9.97.